The zero-order valence-electron chi connectivity index (χ0n) is 34.2. The Kier molecular flexibility index (Phi) is 33.1. The summed E-state index contributed by atoms with van der Waals surface area (Å²) in [5.41, 5.74) is 0. The summed E-state index contributed by atoms with van der Waals surface area (Å²) >= 11 is 0. The highest BCUT2D eigenvalue weighted by Gasteiger charge is 2.44. The Morgan fingerprint density at radius 1 is 0.611 bits per heavy atom. The molecule has 0 bridgehead atoms. The van der Waals surface area contributed by atoms with Crippen molar-refractivity contribution in [3.63, 3.8) is 0 Å². The molecule has 10 nitrogen and oxygen atoms in total. The number of aliphatic hydroxyl groups excluding tert-OH is 4. The third-order valence-electron chi connectivity index (χ3n) is 10.2. The summed E-state index contributed by atoms with van der Waals surface area (Å²) < 4.78 is 22.0. The van der Waals surface area contributed by atoms with E-state index < -0.39 is 55.4 Å². The molecule has 0 spiro atoms. The van der Waals surface area contributed by atoms with Gasteiger partial charge in [-0.15, -0.1) is 0 Å². The molecule has 2 unspecified atom stereocenters. The molecule has 1 heterocycles. The van der Waals surface area contributed by atoms with Crippen LogP contribution in [-0.4, -0.2) is 89.0 Å². The van der Waals surface area contributed by atoms with Crippen molar-refractivity contribution in [2.24, 2.45) is 0 Å². The van der Waals surface area contributed by atoms with Crippen LogP contribution in [0.4, 0.5) is 0 Å². The summed E-state index contributed by atoms with van der Waals surface area (Å²) in [6.07, 6.45) is 31.0. The molecule has 0 aromatic heterocycles. The Balaban J connectivity index is 2.39. The van der Waals surface area contributed by atoms with Gasteiger partial charge in [0.15, 0.2) is 12.4 Å². The van der Waals surface area contributed by atoms with Crippen LogP contribution in [0.2, 0.25) is 0 Å². The molecular formula is C44H80O10. The number of aliphatic hydroxyl groups is 4. The molecule has 0 radical (unpaired) electrons. The average Bonchev–Trinajstić information content (AvgIpc) is 3.17. The Bertz CT molecular complexity index is 938. The van der Waals surface area contributed by atoms with Crippen molar-refractivity contribution in [1.29, 1.82) is 0 Å². The van der Waals surface area contributed by atoms with Gasteiger partial charge in [-0.25, -0.2) is 4.79 Å². The van der Waals surface area contributed by atoms with Gasteiger partial charge in [0.25, 0.3) is 0 Å². The second kappa shape index (κ2) is 35.6. The summed E-state index contributed by atoms with van der Waals surface area (Å²) in [4.78, 5) is 25.2. The molecule has 1 fully saturated rings. The lowest BCUT2D eigenvalue weighted by Gasteiger charge is -2.39. The van der Waals surface area contributed by atoms with Gasteiger partial charge >= 0.3 is 11.9 Å². The molecule has 0 aromatic rings. The second-order valence-electron chi connectivity index (χ2n) is 15.2. The van der Waals surface area contributed by atoms with Crippen molar-refractivity contribution in [2.75, 3.05) is 19.8 Å². The summed E-state index contributed by atoms with van der Waals surface area (Å²) in [6.45, 7) is 3.31. The Labute approximate surface area is 328 Å². The summed E-state index contributed by atoms with van der Waals surface area (Å²) in [5.74, 6) is -1.05. The fourth-order valence-electron chi connectivity index (χ4n) is 6.69. The van der Waals surface area contributed by atoms with Gasteiger partial charge in [0.1, 0.15) is 31.0 Å². The monoisotopic (exact) mass is 769 g/mol. The molecule has 1 saturated heterocycles. The maximum Gasteiger partial charge on any atom is 0.330 e. The number of esters is 2. The zero-order valence-corrected chi connectivity index (χ0v) is 34.2. The molecule has 0 saturated carbocycles. The lowest BCUT2D eigenvalue weighted by Crippen LogP contribution is -2.59. The minimum absolute atomic E-state index is 0.215. The van der Waals surface area contributed by atoms with Gasteiger partial charge in [-0.2, -0.15) is 0 Å². The highest BCUT2D eigenvalue weighted by atomic mass is 16.7. The van der Waals surface area contributed by atoms with Crippen LogP contribution < -0.4 is 0 Å². The van der Waals surface area contributed by atoms with E-state index in [1.165, 1.54) is 134 Å². The second-order valence-corrected chi connectivity index (χ2v) is 15.2. The first-order valence-corrected chi connectivity index (χ1v) is 22.0. The number of unbranched alkanes of at least 4 members (excludes halogenated alkanes) is 24. The quantitative estimate of drug-likeness (QED) is 0.0210. The maximum atomic E-state index is 12.7. The van der Waals surface area contributed by atoms with Gasteiger partial charge in [0.05, 0.1) is 13.2 Å². The van der Waals surface area contributed by atoms with Crippen molar-refractivity contribution >= 4 is 11.9 Å². The first kappa shape index (κ1) is 50.2. The van der Waals surface area contributed by atoms with Gasteiger partial charge in [-0.3, -0.25) is 4.79 Å². The van der Waals surface area contributed by atoms with E-state index in [9.17, 15) is 30.0 Å². The molecule has 4 N–H and O–H groups in total. The molecule has 54 heavy (non-hydrogen) atoms. The fraction of sp³-hybridized carbons (Fsp3) is 0.864. The van der Waals surface area contributed by atoms with Crippen LogP contribution in [-0.2, 0) is 28.5 Å². The van der Waals surface area contributed by atoms with Gasteiger partial charge in [0.2, 0.25) is 0 Å². The Hall–Kier alpha value is -1.82. The van der Waals surface area contributed by atoms with E-state index in [4.69, 9.17) is 18.9 Å². The van der Waals surface area contributed by atoms with Gasteiger partial charge in [-0.05, 0) is 19.3 Å². The number of ether oxygens (including phenoxy) is 4. The van der Waals surface area contributed by atoms with Crippen LogP contribution in [0.15, 0.2) is 24.3 Å². The highest BCUT2D eigenvalue weighted by Crippen LogP contribution is 2.22. The predicted octanol–water partition coefficient (Wildman–Crippen LogP) is 8.94. The van der Waals surface area contributed by atoms with Crippen LogP contribution >= 0.6 is 0 Å². The van der Waals surface area contributed by atoms with Gasteiger partial charge in [0, 0.05) is 12.5 Å². The Morgan fingerprint density at radius 2 is 1.09 bits per heavy atom. The van der Waals surface area contributed by atoms with Gasteiger partial charge < -0.3 is 39.4 Å². The lowest BCUT2D eigenvalue weighted by atomic mass is 9.99. The molecule has 316 valence electrons. The number of allylic oxidation sites excluding steroid dienone is 3. The first-order valence-electron chi connectivity index (χ1n) is 22.0. The van der Waals surface area contributed by atoms with E-state index in [1.807, 2.05) is 12.2 Å². The van der Waals surface area contributed by atoms with E-state index in [-0.39, 0.29) is 19.6 Å². The Morgan fingerprint density at radius 3 is 1.59 bits per heavy atom. The van der Waals surface area contributed by atoms with E-state index in [0.717, 1.165) is 32.1 Å². The van der Waals surface area contributed by atoms with Crippen molar-refractivity contribution in [3.05, 3.63) is 24.3 Å². The minimum Gasteiger partial charge on any atom is -0.458 e. The highest BCUT2D eigenvalue weighted by molar-refractivity contribution is 5.82. The number of hydrogen-bond acceptors (Lipinski definition) is 10. The predicted molar refractivity (Wildman–Crippen MR) is 215 cm³/mol. The van der Waals surface area contributed by atoms with E-state index >= 15 is 0 Å². The molecule has 1 rings (SSSR count). The first-order chi connectivity index (χ1) is 26.3. The number of carbonyl (C=O) groups is 2. The van der Waals surface area contributed by atoms with Crippen LogP contribution in [0.3, 0.4) is 0 Å². The van der Waals surface area contributed by atoms with Crippen LogP contribution in [0.1, 0.15) is 187 Å². The van der Waals surface area contributed by atoms with Crippen LogP contribution in [0, 0.1) is 0 Å². The van der Waals surface area contributed by atoms with Crippen molar-refractivity contribution in [3.8, 4) is 0 Å². The molecule has 0 aromatic carbocycles. The smallest absolute Gasteiger partial charge is 0.330 e. The van der Waals surface area contributed by atoms with E-state index in [2.05, 4.69) is 13.8 Å². The molecule has 0 amide bonds. The fourth-order valence-corrected chi connectivity index (χ4v) is 6.69. The standard InChI is InChI=1S/C44H80O10/c1-3-5-7-9-11-13-15-17-19-21-22-24-26-28-30-32-39(46)51-35-37(36-52-44-43(50)42(49)41(48)38(34-45)54-44)53-40(47)33-31-29-27-25-23-20-18-16-14-12-10-8-6-4-2/h26,28,30,32,37-38,41-45,48-50H,3-25,27,29,31,33-36H2,1-2H3/b28-26+,32-30+/t37-,38-,41+,42?,43?,44-/m0/s1. The summed E-state index contributed by atoms with van der Waals surface area (Å²) in [6, 6.07) is 0. The largest absolute Gasteiger partial charge is 0.458 e. The zero-order chi connectivity index (χ0) is 39.5. The van der Waals surface area contributed by atoms with Crippen LogP contribution in [0.25, 0.3) is 0 Å². The normalized spacial score (nSPS) is 20.9. The minimum atomic E-state index is -1.60. The van der Waals surface area contributed by atoms with Crippen molar-refractivity contribution in [2.45, 2.75) is 224 Å². The lowest BCUT2D eigenvalue weighted by molar-refractivity contribution is -0.305. The van der Waals surface area contributed by atoms with E-state index in [0.29, 0.717) is 6.42 Å². The molecular weight excluding hydrogens is 688 g/mol. The molecule has 6 atom stereocenters. The number of hydrogen-bond donors (Lipinski definition) is 4. The number of rotatable bonds is 36. The van der Waals surface area contributed by atoms with Crippen molar-refractivity contribution < 1.29 is 49.0 Å². The average molecular weight is 769 g/mol. The number of carbonyl (C=O) groups excluding carboxylic acids is 2. The molecule has 10 heteroatoms. The molecule has 1 aliphatic rings. The van der Waals surface area contributed by atoms with Gasteiger partial charge in [-0.1, -0.05) is 180 Å². The topological polar surface area (TPSA) is 152 Å². The summed E-state index contributed by atoms with van der Waals surface area (Å²) in [7, 11) is 0. The molecule has 1 aliphatic heterocycles. The third-order valence-corrected chi connectivity index (χ3v) is 10.2. The molecule has 0 aliphatic carbocycles. The van der Waals surface area contributed by atoms with Crippen LogP contribution in [0.5, 0.6) is 0 Å². The SMILES string of the molecule is CCCCCCCCCCCCC/C=C/C=C/C(=O)OC[C@@H](CO[C@H]1O[C@@H](CO)[C@@H](O)C(O)C1O)OC(=O)CCCCCCCCCCCCCCCC. The maximum absolute atomic E-state index is 12.7. The third kappa shape index (κ3) is 26.9. The van der Waals surface area contributed by atoms with Crippen molar-refractivity contribution in [1.82, 2.24) is 0 Å². The summed E-state index contributed by atoms with van der Waals surface area (Å²) in [5, 5.41) is 40.0. The van der Waals surface area contributed by atoms with E-state index in [1.54, 1.807) is 6.08 Å².